The van der Waals surface area contributed by atoms with Crippen molar-refractivity contribution < 1.29 is 13.6 Å². The zero-order valence-corrected chi connectivity index (χ0v) is 12.8. The van der Waals surface area contributed by atoms with E-state index in [0.29, 0.717) is 6.42 Å². The lowest BCUT2D eigenvalue weighted by molar-refractivity contribution is 0.0927. The molecule has 1 N–H and O–H groups in total. The molecule has 0 atom stereocenters. The number of rotatable bonds is 5. The van der Waals surface area contributed by atoms with Gasteiger partial charge in [0, 0.05) is 11.1 Å². The van der Waals surface area contributed by atoms with Gasteiger partial charge in [-0.05, 0) is 44.5 Å². The van der Waals surface area contributed by atoms with Gasteiger partial charge in [0.1, 0.15) is 11.5 Å². The van der Waals surface area contributed by atoms with Crippen LogP contribution in [0.5, 0.6) is 0 Å². The summed E-state index contributed by atoms with van der Waals surface area (Å²) < 4.78 is 10.7. The van der Waals surface area contributed by atoms with Gasteiger partial charge in [-0.25, -0.2) is 5.43 Å². The van der Waals surface area contributed by atoms with Crippen LogP contribution in [0, 0.1) is 6.92 Å². The number of furan rings is 2. The maximum Gasteiger partial charge on any atom is 0.307 e. The monoisotopic (exact) mass is 288 g/mol. The Labute approximate surface area is 124 Å². The standard InChI is InChI=1S/C16H20N2O3/c1-11(17-18-15(19)13-6-5-9-20-13)10-16(3,4)14-8-7-12(2)21-14/h5-9H,10H2,1-4H3,(H,18,19). The van der Waals surface area contributed by atoms with E-state index in [1.54, 1.807) is 12.1 Å². The maximum absolute atomic E-state index is 11.7. The van der Waals surface area contributed by atoms with Gasteiger partial charge in [0.2, 0.25) is 0 Å². The average molecular weight is 288 g/mol. The van der Waals surface area contributed by atoms with Gasteiger partial charge in [-0.15, -0.1) is 0 Å². The molecule has 0 unspecified atom stereocenters. The third-order valence-corrected chi connectivity index (χ3v) is 3.20. The molecule has 5 heteroatoms. The van der Waals surface area contributed by atoms with Gasteiger partial charge in [-0.1, -0.05) is 13.8 Å². The number of nitrogens with zero attached hydrogens (tertiary/aromatic N) is 1. The zero-order chi connectivity index (χ0) is 15.5. The molecule has 0 spiro atoms. The summed E-state index contributed by atoms with van der Waals surface area (Å²) in [5.41, 5.74) is 3.12. The minimum atomic E-state index is -0.356. The van der Waals surface area contributed by atoms with Crippen LogP contribution in [0.1, 0.15) is 49.3 Å². The summed E-state index contributed by atoms with van der Waals surface area (Å²) in [5.74, 6) is 1.68. The van der Waals surface area contributed by atoms with Gasteiger partial charge in [0.25, 0.3) is 0 Å². The van der Waals surface area contributed by atoms with Crippen molar-refractivity contribution in [2.45, 2.75) is 39.5 Å². The fraction of sp³-hybridized carbons (Fsp3) is 0.375. The number of carbonyl (C=O) groups is 1. The molecule has 0 aliphatic rings. The number of amides is 1. The van der Waals surface area contributed by atoms with Gasteiger partial charge < -0.3 is 8.83 Å². The first-order valence-electron chi connectivity index (χ1n) is 6.82. The van der Waals surface area contributed by atoms with Crippen LogP contribution in [-0.4, -0.2) is 11.6 Å². The Kier molecular flexibility index (Phi) is 4.31. The third-order valence-electron chi connectivity index (χ3n) is 3.20. The molecule has 21 heavy (non-hydrogen) atoms. The Morgan fingerprint density at radius 3 is 2.67 bits per heavy atom. The smallest absolute Gasteiger partial charge is 0.307 e. The molecule has 0 radical (unpaired) electrons. The Balaban J connectivity index is 1.98. The predicted octanol–water partition coefficient (Wildman–Crippen LogP) is 3.65. The Hall–Kier alpha value is -2.30. The molecule has 2 aromatic heterocycles. The van der Waals surface area contributed by atoms with E-state index >= 15 is 0 Å². The summed E-state index contributed by atoms with van der Waals surface area (Å²) in [4.78, 5) is 11.7. The number of hydrazone groups is 1. The first-order valence-corrected chi connectivity index (χ1v) is 6.82. The van der Waals surface area contributed by atoms with Crippen LogP contribution in [0.4, 0.5) is 0 Å². The van der Waals surface area contributed by atoms with Crippen molar-refractivity contribution in [2.24, 2.45) is 5.10 Å². The minimum Gasteiger partial charge on any atom is -0.466 e. The number of hydrogen-bond donors (Lipinski definition) is 1. The molecule has 2 heterocycles. The van der Waals surface area contributed by atoms with Gasteiger partial charge in [-0.3, -0.25) is 4.79 Å². The lowest BCUT2D eigenvalue weighted by Gasteiger charge is -2.21. The van der Waals surface area contributed by atoms with Crippen molar-refractivity contribution in [2.75, 3.05) is 0 Å². The van der Waals surface area contributed by atoms with Crippen LogP contribution in [0.15, 0.2) is 44.5 Å². The second kappa shape index (κ2) is 5.99. The van der Waals surface area contributed by atoms with Crippen molar-refractivity contribution in [3.05, 3.63) is 47.8 Å². The molecule has 0 fully saturated rings. The number of carbonyl (C=O) groups excluding carboxylic acids is 1. The molecule has 0 aliphatic heterocycles. The fourth-order valence-electron chi connectivity index (χ4n) is 2.17. The molecule has 2 aromatic rings. The SMILES string of the molecule is CC(CC(C)(C)c1ccc(C)o1)=NNC(=O)c1ccco1. The highest BCUT2D eigenvalue weighted by atomic mass is 16.3. The summed E-state index contributed by atoms with van der Waals surface area (Å²) in [6.45, 7) is 7.96. The Bertz CT molecular complexity index is 636. The highest BCUT2D eigenvalue weighted by molar-refractivity contribution is 5.92. The summed E-state index contributed by atoms with van der Waals surface area (Å²) >= 11 is 0. The van der Waals surface area contributed by atoms with Crippen molar-refractivity contribution in [1.82, 2.24) is 5.43 Å². The summed E-state index contributed by atoms with van der Waals surface area (Å²) in [7, 11) is 0. The molecule has 5 nitrogen and oxygen atoms in total. The molecule has 0 saturated carbocycles. The highest BCUT2D eigenvalue weighted by Crippen LogP contribution is 2.28. The fourth-order valence-corrected chi connectivity index (χ4v) is 2.17. The molecular formula is C16H20N2O3. The maximum atomic E-state index is 11.7. The van der Waals surface area contributed by atoms with Crippen LogP contribution in [0.25, 0.3) is 0 Å². The van der Waals surface area contributed by atoms with E-state index in [9.17, 15) is 4.79 Å². The second-order valence-electron chi connectivity index (χ2n) is 5.74. The summed E-state index contributed by atoms with van der Waals surface area (Å²) in [6, 6.07) is 7.18. The van der Waals surface area contributed by atoms with Crippen LogP contribution in [-0.2, 0) is 5.41 Å². The summed E-state index contributed by atoms with van der Waals surface area (Å²) in [6.07, 6.45) is 2.13. The van der Waals surface area contributed by atoms with Crippen LogP contribution in [0.2, 0.25) is 0 Å². The van der Waals surface area contributed by atoms with E-state index in [0.717, 1.165) is 17.2 Å². The molecule has 1 amide bonds. The van der Waals surface area contributed by atoms with E-state index in [-0.39, 0.29) is 17.1 Å². The number of hydrogen-bond acceptors (Lipinski definition) is 4. The van der Waals surface area contributed by atoms with Gasteiger partial charge in [0.15, 0.2) is 5.76 Å². The third kappa shape index (κ3) is 3.84. The normalized spacial score (nSPS) is 12.5. The highest BCUT2D eigenvalue weighted by Gasteiger charge is 2.25. The van der Waals surface area contributed by atoms with E-state index in [4.69, 9.17) is 8.83 Å². The predicted molar refractivity (Wildman–Crippen MR) is 80.4 cm³/mol. The zero-order valence-electron chi connectivity index (χ0n) is 12.8. The molecule has 0 aliphatic carbocycles. The van der Waals surface area contributed by atoms with Crippen molar-refractivity contribution in [1.29, 1.82) is 0 Å². The summed E-state index contributed by atoms with van der Waals surface area (Å²) in [5, 5.41) is 4.11. The first kappa shape index (κ1) is 15.1. The molecule has 0 saturated heterocycles. The van der Waals surface area contributed by atoms with Crippen molar-refractivity contribution in [3.8, 4) is 0 Å². The van der Waals surface area contributed by atoms with Gasteiger partial charge >= 0.3 is 5.91 Å². The lowest BCUT2D eigenvalue weighted by Crippen LogP contribution is -2.23. The lowest BCUT2D eigenvalue weighted by atomic mass is 9.85. The molecule has 0 bridgehead atoms. The molecule has 2 rings (SSSR count). The van der Waals surface area contributed by atoms with Crippen LogP contribution < -0.4 is 5.43 Å². The van der Waals surface area contributed by atoms with Crippen LogP contribution >= 0.6 is 0 Å². The average Bonchev–Trinajstić information content (AvgIpc) is 3.06. The molecular weight excluding hydrogens is 268 g/mol. The molecule has 0 aromatic carbocycles. The minimum absolute atomic E-state index is 0.183. The van der Waals surface area contributed by atoms with Crippen molar-refractivity contribution in [3.63, 3.8) is 0 Å². The van der Waals surface area contributed by atoms with Crippen LogP contribution in [0.3, 0.4) is 0 Å². The number of nitrogens with one attached hydrogen (secondary N) is 1. The van der Waals surface area contributed by atoms with Crippen molar-refractivity contribution >= 4 is 11.6 Å². The van der Waals surface area contributed by atoms with E-state index in [1.807, 2.05) is 26.0 Å². The quantitative estimate of drug-likeness (QED) is 0.674. The van der Waals surface area contributed by atoms with E-state index < -0.39 is 0 Å². The topological polar surface area (TPSA) is 67.7 Å². The second-order valence-corrected chi connectivity index (χ2v) is 5.74. The Morgan fingerprint density at radius 2 is 2.10 bits per heavy atom. The first-order chi connectivity index (χ1) is 9.88. The van der Waals surface area contributed by atoms with E-state index in [2.05, 4.69) is 24.4 Å². The molecule has 112 valence electrons. The van der Waals surface area contributed by atoms with E-state index in [1.165, 1.54) is 6.26 Å². The van der Waals surface area contributed by atoms with Gasteiger partial charge in [0.05, 0.1) is 6.26 Å². The van der Waals surface area contributed by atoms with Gasteiger partial charge in [-0.2, -0.15) is 5.10 Å². The number of aryl methyl sites for hydroxylation is 1. The largest absolute Gasteiger partial charge is 0.466 e. The Morgan fingerprint density at radius 1 is 1.33 bits per heavy atom.